The SMILES string of the molecule is CC(=O)OCCCN(C(=O)CCCCCOc1ccc2c(c1)CN1CC(=O)NC1=N2)C1CCCCC1. The molecule has 0 atom stereocenters. The standard InChI is InChI=1S/C27H38N4O5/c1-20(32)35-16-8-14-31(22-9-4-2-5-10-22)26(34)11-6-3-7-15-36-23-12-13-24-21(17-23)18-30-19-25(33)29-27(30)28-24/h12-13,17,22H,2-11,14-16,18-19H2,1H3,(H,28,29,33). The Balaban J connectivity index is 1.16. The Labute approximate surface area is 213 Å². The molecule has 4 rings (SSSR count). The summed E-state index contributed by atoms with van der Waals surface area (Å²) in [5, 5.41) is 2.78. The second-order valence-corrected chi connectivity index (χ2v) is 9.86. The van der Waals surface area contributed by atoms with E-state index < -0.39 is 0 Å². The lowest BCUT2D eigenvalue weighted by atomic mass is 9.93. The molecule has 3 aliphatic rings. The number of amides is 2. The fourth-order valence-corrected chi connectivity index (χ4v) is 5.17. The van der Waals surface area contributed by atoms with Gasteiger partial charge in [0.2, 0.25) is 17.8 Å². The highest BCUT2D eigenvalue weighted by molar-refractivity contribution is 6.05. The Hall–Kier alpha value is -3.10. The monoisotopic (exact) mass is 498 g/mol. The number of rotatable bonds is 12. The van der Waals surface area contributed by atoms with E-state index in [1.54, 1.807) is 0 Å². The number of guanidine groups is 1. The highest BCUT2D eigenvalue weighted by atomic mass is 16.5. The number of esters is 1. The minimum Gasteiger partial charge on any atom is -0.494 e. The van der Waals surface area contributed by atoms with Crippen molar-refractivity contribution in [3.8, 4) is 5.75 Å². The average molecular weight is 499 g/mol. The number of carbonyl (C=O) groups excluding carboxylic acids is 3. The van der Waals surface area contributed by atoms with E-state index in [2.05, 4.69) is 10.3 Å². The van der Waals surface area contributed by atoms with Crippen molar-refractivity contribution in [3.63, 3.8) is 0 Å². The molecule has 1 aromatic rings. The van der Waals surface area contributed by atoms with E-state index in [1.807, 2.05) is 28.0 Å². The van der Waals surface area contributed by atoms with E-state index in [1.165, 1.54) is 26.2 Å². The zero-order valence-electron chi connectivity index (χ0n) is 21.3. The first-order chi connectivity index (χ1) is 17.5. The summed E-state index contributed by atoms with van der Waals surface area (Å²) in [5.74, 6) is 1.35. The molecule has 2 heterocycles. The zero-order chi connectivity index (χ0) is 25.3. The van der Waals surface area contributed by atoms with Crippen LogP contribution in [0.3, 0.4) is 0 Å². The van der Waals surface area contributed by atoms with Gasteiger partial charge < -0.3 is 19.3 Å². The molecule has 2 fully saturated rings. The Bertz CT molecular complexity index is 973. The van der Waals surface area contributed by atoms with E-state index in [0.29, 0.717) is 57.7 Å². The third-order valence-corrected chi connectivity index (χ3v) is 7.01. The molecule has 0 bridgehead atoms. The van der Waals surface area contributed by atoms with E-state index in [0.717, 1.165) is 49.1 Å². The lowest BCUT2D eigenvalue weighted by Gasteiger charge is -2.34. The average Bonchev–Trinajstić information content (AvgIpc) is 3.23. The predicted octanol–water partition coefficient (Wildman–Crippen LogP) is 3.67. The van der Waals surface area contributed by atoms with Crippen molar-refractivity contribution >= 4 is 29.4 Å². The molecule has 0 unspecified atom stereocenters. The number of benzene rings is 1. The van der Waals surface area contributed by atoms with Crippen molar-refractivity contribution in [2.75, 3.05) is 26.3 Å². The molecular weight excluding hydrogens is 460 g/mol. The molecule has 1 aliphatic carbocycles. The Morgan fingerprint density at radius 3 is 2.72 bits per heavy atom. The summed E-state index contributed by atoms with van der Waals surface area (Å²) >= 11 is 0. The van der Waals surface area contributed by atoms with Crippen LogP contribution in [0.15, 0.2) is 23.2 Å². The Kier molecular flexibility index (Phi) is 9.19. The summed E-state index contributed by atoms with van der Waals surface area (Å²) in [5.41, 5.74) is 1.92. The second kappa shape index (κ2) is 12.7. The van der Waals surface area contributed by atoms with Crippen LogP contribution >= 0.6 is 0 Å². The van der Waals surface area contributed by atoms with E-state index in [4.69, 9.17) is 9.47 Å². The summed E-state index contributed by atoms with van der Waals surface area (Å²) < 4.78 is 11.0. The number of unbranched alkanes of at least 4 members (excludes halogenated alkanes) is 2. The number of fused-ring (bicyclic) bond motifs is 2. The zero-order valence-corrected chi connectivity index (χ0v) is 21.3. The van der Waals surface area contributed by atoms with Crippen LogP contribution in [0, 0.1) is 0 Å². The largest absolute Gasteiger partial charge is 0.494 e. The third kappa shape index (κ3) is 7.21. The molecule has 1 aromatic carbocycles. The third-order valence-electron chi connectivity index (χ3n) is 7.01. The first-order valence-corrected chi connectivity index (χ1v) is 13.3. The molecule has 2 amide bonds. The Morgan fingerprint density at radius 1 is 1.08 bits per heavy atom. The second-order valence-electron chi connectivity index (χ2n) is 9.86. The van der Waals surface area contributed by atoms with Crippen LogP contribution in [-0.4, -0.2) is 65.9 Å². The molecule has 0 spiro atoms. The van der Waals surface area contributed by atoms with Gasteiger partial charge in [-0.05, 0) is 56.7 Å². The summed E-state index contributed by atoms with van der Waals surface area (Å²) in [6.45, 7) is 4.02. The maximum absolute atomic E-state index is 13.0. The fourth-order valence-electron chi connectivity index (χ4n) is 5.17. The van der Waals surface area contributed by atoms with Crippen molar-refractivity contribution in [1.82, 2.24) is 15.1 Å². The van der Waals surface area contributed by atoms with Crippen LogP contribution in [0.5, 0.6) is 5.75 Å². The van der Waals surface area contributed by atoms with E-state index >= 15 is 0 Å². The fraction of sp³-hybridized carbons (Fsp3) is 0.630. The van der Waals surface area contributed by atoms with Crippen LogP contribution in [0.4, 0.5) is 5.69 Å². The maximum atomic E-state index is 13.0. The highest BCUT2D eigenvalue weighted by Crippen LogP contribution is 2.30. The minimum atomic E-state index is -0.272. The van der Waals surface area contributed by atoms with Gasteiger partial charge in [0.05, 0.1) is 18.9 Å². The van der Waals surface area contributed by atoms with E-state index in [9.17, 15) is 14.4 Å². The number of nitrogens with one attached hydrogen (secondary N) is 1. The molecule has 1 saturated carbocycles. The van der Waals surface area contributed by atoms with Crippen molar-refractivity contribution in [2.24, 2.45) is 4.99 Å². The van der Waals surface area contributed by atoms with Gasteiger partial charge in [0.25, 0.3) is 0 Å². The van der Waals surface area contributed by atoms with Gasteiger partial charge in [0.15, 0.2) is 0 Å². The van der Waals surface area contributed by atoms with Gasteiger partial charge in [-0.15, -0.1) is 0 Å². The minimum absolute atomic E-state index is 0.0274. The van der Waals surface area contributed by atoms with Crippen LogP contribution in [0.2, 0.25) is 0 Å². The van der Waals surface area contributed by atoms with Gasteiger partial charge in [-0.1, -0.05) is 19.3 Å². The Morgan fingerprint density at radius 2 is 1.92 bits per heavy atom. The van der Waals surface area contributed by atoms with Crippen LogP contribution in [-0.2, 0) is 25.7 Å². The van der Waals surface area contributed by atoms with Crippen LogP contribution in [0.25, 0.3) is 0 Å². The van der Waals surface area contributed by atoms with Gasteiger partial charge in [0.1, 0.15) is 12.3 Å². The number of hydrogen-bond acceptors (Lipinski definition) is 7. The number of aliphatic imine (C=N–C) groups is 1. The molecule has 36 heavy (non-hydrogen) atoms. The van der Waals surface area contributed by atoms with Gasteiger partial charge in [-0.3, -0.25) is 19.7 Å². The van der Waals surface area contributed by atoms with Crippen molar-refractivity contribution in [1.29, 1.82) is 0 Å². The lowest BCUT2D eigenvalue weighted by molar-refractivity contribution is -0.141. The van der Waals surface area contributed by atoms with Crippen molar-refractivity contribution in [3.05, 3.63) is 23.8 Å². The predicted molar refractivity (Wildman–Crippen MR) is 136 cm³/mol. The van der Waals surface area contributed by atoms with Crippen LogP contribution in [0.1, 0.15) is 76.7 Å². The highest BCUT2D eigenvalue weighted by Gasteiger charge is 2.29. The molecular formula is C27H38N4O5. The quantitative estimate of drug-likeness (QED) is 0.349. The smallest absolute Gasteiger partial charge is 0.302 e. The van der Waals surface area contributed by atoms with Crippen molar-refractivity contribution < 1.29 is 23.9 Å². The first kappa shape index (κ1) is 26.0. The molecule has 9 heteroatoms. The number of hydrogen-bond donors (Lipinski definition) is 1. The molecule has 0 radical (unpaired) electrons. The molecule has 1 saturated heterocycles. The number of carbonyl (C=O) groups is 3. The van der Waals surface area contributed by atoms with E-state index in [-0.39, 0.29) is 17.8 Å². The molecule has 1 N–H and O–H groups in total. The first-order valence-electron chi connectivity index (χ1n) is 13.3. The maximum Gasteiger partial charge on any atom is 0.302 e. The molecule has 196 valence electrons. The van der Waals surface area contributed by atoms with Gasteiger partial charge in [-0.25, -0.2) is 4.99 Å². The topological polar surface area (TPSA) is 101 Å². The van der Waals surface area contributed by atoms with Gasteiger partial charge >= 0.3 is 5.97 Å². The van der Waals surface area contributed by atoms with Crippen LogP contribution < -0.4 is 10.1 Å². The summed E-state index contributed by atoms with van der Waals surface area (Å²) in [4.78, 5) is 44.1. The van der Waals surface area contributed by atoms with Gasteiger partial charge in [0, 0.05) is 38.0 Å². The van der Waals surface area contributed by atoms with Crippen molar-refractivity contribution in [2.45, 2.75) is 83.7 Å². The molecule has 0 aromatic heterocycles. The summed E-state index contributed by atoms with van der Waals surface area (Å²) in [6, 6.07) is 6.17. The lowest BCUT2D eigenvalue weighted by Crippen LogP contribution is -2.42. The molecule has 9 nitrogen and oxygen atoms in total. The molecule has 2 aliphatic heterocycles. The number of ether oxygens (including phenoxy) is 2. The summed E-state index contributed by atoms with van der Waals surface area (Å²) in [7, 11) is 0. The number of nitrogens with zero attached hydrogens (tertiary/aromatic N) is 3. The summed E-state index contributed by atoms with van der Waals surface area (Å²) in [6.07, 6.45) is 9.64. The normalized spacial score (nSPS) is 17.1. The van der Waals surface area contributed by atoms with Gasteiger partial charge in [-0.2, -0.15) is 0 Å².